The van der Waals surface area contributed by atoms with Crippen molar-refractivity contribution in [1.82, 2.24) is 9.97 Å². The van der Waals surface area contributed by atoms with Crippen LogP contribution in [-0.2, 0) is 0 Å². The lowest BCUT2D eigenvalue weighted by Gasteiger charge is -2.17. The zero-order chi connectivity index (χ0) is 10.6. The number of hydrogen-bond acceptors (Lipinski definition) is 5. The van der Waals surface area contributed by atoms with Crippen LogP contribution >= 0.6 is 11.6 Å². The zero-order valence-electron chi connectivity index (χ0n) is 7.74. The van der Waals surface area contributed by atoms with E-state index in [4.69, 9.17) is 22.6 Å². The van der Waals surface area contributed by atoms with Crippen molar-refractivity contribution >= 4 is 23.4 Å². The van der Waals surface area contributed by atoms with Gasteiger partial charge < -0.3 is 10.6 Å². The first-order valence-corrected chi connectivity index (χ1v) is 4.39. The molecule has 0 aromatic carbocycles. The highest BCUT2D eigenvalue weighted by Crippen LogP contribution is 2.21. The van der Waals surface area contributed by atoms with Gasteiger partial charge in [0.25, 0.3) is 0 Å². The molecule has 1 rings (SSSR count). The second kappa shape index (κ2) is 4.63. The molecule has 0 aliphatic heterocycles. The fourth-order valence-corrected chi connectivity index (χ4v) is 1.20. The summed E-state index contributed by atoms with van der Waals surface area (Å²) in [5.74, 6) is 0.725. The first-order valence-electron chi connectivity index (χ1n) is 4.01. The summed E-state index contributed by atoms with van der Waals surface area (Å²) in [4.78, 5) is 9.49. The Kier molecular flexibility index (Phi) is 3.48. The Morgan fingerprint density at radius 1 is 1.71 bits per heavy atom. The van der Waals surface area contributed by atoms with E-state index in [-0.39, 0.29) is 5.95 Å². The largest absolute Gasteiger partial charge is 0.368 e. The van der Waals surface area contributed by atoms with Crippen molar-refractivity contribution in [1.29, 1.82) is 5.26 Å². The van der Waals surface area contributed by atoms with E-state index in [1.807, 2.05) is 6.07 Å². The van der Waals surface area contributed by atoms with Crippen LogP contribution in [0.1, 0.15) is 6.42 Å². The molecule has 1 aromatic heterocycles. The van der Waals surface area contributed by atoms with Crippen LogP contribution in [-0.4, -0.2) is 23.6 Å². The minimum atomic E-state index is 0.174. The summed E-state index contributed by atoms with van der Waals surface area (Å²) < 4.78 is 0. The van der Waals surface area contributed by atoms with Crippen LogP contribution < -0.4 is 10.6 Å². The van der Waals surface area contributed by atoms with Crippen LogP contribution in [0.2, 0.25) is 5.02 Å². The van der Waals surface area contributed by atoms with Gasteiger partial charge in [-0.1, -0.05) is 11.6 Å². The average molecular weight is 212 g/mol. The summed E-state index contributed by atoms with van der Waals surface area (Å²) in [6.45, 7) is 0.562. The van der Waals surface area contributed by atoms with Crippen molar-refractivity contribution in [2.24, 2.45) is 0 Å². The molecule has 6 heteroatoms. The molecule has 14 heavy (non-hydrogen) atoms. The maximum atomic E-state index is 8.42. The van der Waals surface area contributed by atoms with Gasteiger partial charge >= 0.3 is 0 Å². The molecule has 0 fully saturated rings. The molecule has 5 nitrogen and oxygen atoms in total. The van der Waals surface area contributed by atoms with Crippen LogP contribution in [0, 0.1) is 11.3 Å². The lowest BCUT2D eigenvalue weighted by atomic mass is 10.4. The van der Waals surface area contributed by atoms with Crippen LogP contribution in [0.5, 0.6) is 0 Å². The summed E-state index contributed by atoms with van der Waals surface area (Å²) in [5, 5.41) is 8.85. The molecule has 0 spiro atoms. The van der Waals surface area contributed by atoms with E-state index in [0.717, 1.165) is 0 Å². The third-order valence-electron chi connectivity index (χ3n) is 1.66. The molecule has 0 bridgehead atoms. The Morgan fingerprint density at radius 2 is 2.43 bits per heavy atom. The van der Waals surface area contributed by atoms with Gasteiger partial charge in [-0.2, -0.15) is 10.2 Å². The van der Waals surface area contributed by atoms with Gasteiger partial charge in [0.2, 0.25) is 5.95 Å². The fourth-order valence-electron chi connectivity index (χ4n) is 0.963. The molecule has 0 saturated carbocycles. The lowest BCUT2D eigenvalue weighted by molar-refractivity contribution is 0.882. The van der Waals surface area contributed by atoms with Crippen molar-refractivity contribution in [2.75, 3.05) is 24.2 Å². The molecule has 1 aromatic rings. The maximum Gasteiger partial charge on any atom is 0.222 e. The SMILES string of the molecule is CN(CCC#N)c1nc(N)ncc1Cl. The first kappa shape index (κ1) is 10.5. The molecule has 74 valence electrons. The van der Waals surface area contributed by atoms with Gasteiger partial charge in [-0.3, -0.25) is 0 Å². The monoisotopic (exact) mass is 211 g/mol. The molecule has 0 aliphatic rings. The Labute approximate surface area is 87.1 Å². The standard InChI is InChI=1S/C8H10ClN5/c1-14(4-2-3-10)7-6(9)5-12-8(11)13-7/h5H,2,4H2,1H3,(H2,11,12,13). The summed E-state index contributed by atoms with van der Waals surface area (Å²) in [6.07, 6.45) is 1.86. The van der Waals surface area contributed by atoms with Crippen LogP contribution in [0.25, 0.3) is 0 Å². The van der Waals surface area contributed by atoms with E-state index >= 15 is 0 Å². The van der Waals surface area contributed by atoms with E-state index in [1.165, 1.54) is 6.20 Å². The normalized spacial score (nSPS) is 9.50. The maximum absolute atomic E-state index is 8.42. The molecule has 1 heterocycles. The predicted octanol–water partition coefficient (Wildman–Crippen LogP) is 1.06. The number of hydrogen-bond donors (Lipinski definition) is 1. The number of rotatable bonds is 3. The van der Waals surface area contributed by atoms with Gasteiger partial charge in [-0.25, -0.2) is 4.98 Å². The van der Waals surface area contributed by atoms with Crippen LogP contribution in [0.15, 0.2) is 6.20 Å². The fraction of sp³-hybridized carbons (Fsp3) is 0.375. The predicted molar refractivity (Wildman–Crippen MR) is 55.0 cm³/mol. The minimum Gasteiger partial charge on any atom is -0.368 e. The Morgan fingerprint density at radius 3 is 3.07 bits per heavy atom. The summed E-state index contributed by atoms with van der Waals surface area (Å²) >= 11 is 5.86. The molecular formula is C8H10ClN5. The summed E-state index contributed by atoms with van der Waals surface area (Å²) in [6, 6.07) is 2.04. The third-order valence-corrected chi connectivity index (χ3v) is 1.93. The molecule has 0 saturated heterocycles. The number of nitriles is 1. The van der Waals surface area contributed by atoms with Gasteiger partial charge in [0.15, 0.2) is 5.82 Å². The van der Waals surface area contributed by atoms with Crippen molar-refractivity contribution in [3.05, 3.63) is 11.2 Å². The van der Waals surface area contributed by atoms with Crippen molar-refractivity contribution in [2.45, 2.75) is 6.42 Å². The molecular weight excluding hydrogens is 202 g/mol. The molecule has 2 N–H and O–H groups in total. The zero-order valence-corrected chi connectivity index (χ0v) is 8.49. The highest BCUT2D eigenvalue weighted by molar-refractivity contribution is 6.32. The number of halogens is 1. The summed E-state index contributed by atoms with van der Waals surface area (Å²) in [5.41, 5.74) is 5.42. The van der Waals surface area contributed by atoms with Crippen LogP contribution in [0.3, 0.4) is 0 Å². The number of nitrogens with two attached hydrogens (primary N) is 1. The van der Waals surface area contributed by atoms with E-state index in [0.29, 0.717) is 23.8 Å². The molecule has 0 radical (unpaired) electrons. The van der Waals surface area contributed by atoms with Crippen molar-refractivity contribution in [3.8, 4) is 6.07 Å². The number of aromatic nitrogens is 2. The van der Waals surface area contributed by atoms with E-state index < -0.39 is 0 Å². The number of nitrogens with zero attached hydrogens (tertiary/aromatic N) is 4. The minimum absolute atomic E-state index is 0.174. The highest BCUT2D eigenvalue weighted by Gasteiger charge is 2.08. The van der Waals surface area contributed by atoms with E-state index in [1.54, 1.807) is 11.9 Å². The van der Waals surface area contributed by atoms with Crippen LogP contribution in [0.4, 0.5) is 11.8 Å². The van der Waals surface area contributed by atoms with Crippen molar-refractivity contribution < 1.29 is 0 Å². The first-order chi connectivity index (χ1) is 6.65. The average Bonchev–Trinajstić information content (AvgIpc) is 2.18. The van der Waals surface area contributed by atoms with Gasteiger partial charge in [0.05, 0.1) is 18.7 Å². The highest BCUT2D eigenvalue weighted by atomic mass is 35.5. The Hall–Kier alpha value is -1.54. The van der Waals surface area contributed by atoms with Gasteiger partial charge in [-0.05, 0) is 0 Å². The smallest absolute Gasteiger partial charge is 0.222 e. The quantitative estimate of drug-likeness (QED) is 0.809. The molecule has 0 amide bonds. The molecule has 0 aliphatic carbocycles. The Bertz CT molecular complexity index is 359. The number of nitrogen functional groups attached to an aromatic ring is 1. The van der Waals surface area contributed by atoms with E-state index in [9.17, 15) is 0 Å². The van der Waals surface area contributed by atoms with Gasteiger partial charge in [-0.15, -0.1) is 0 Å². The topological polar surface area (TPSA) is 78.8 Å². The summed E-state index contributed by atoms with van der Waals surface area (Å²) in [7, 11) is 1.80. The number of anilines is 2. The van der Waals surface area contributed by atoms with Gasteiger partial charge in [0, 0.05) is 13.6 Å². The molecule has 0 unspecified atom stereocenters. The second-order valence-electron chi connectivity index (χ2n) is 2.73. The Balaban J connectivity index is 2.83. The third kappa shape index (κ3) is 2.47. The van der Waals surface area contributed by atoms with Gasteiger partial charge in [0.1, 0.15) is 5.02 Å². The second-order valence-corrected chi connectivity index (χ2v) is 3.14. The molecule has 0 atom stereocenters. The van der Waals surface area contributed by atoms with E-state index in [2.05, 4.69) is 9.97 Å². The van der Waals surface area contributed by atoms with Crippen molar-refractivity contribution in [3.63, 3.8) is 0 Å². The lowest BCUT2D eigenvalue weighted by Crippen LogP contribution is -2.20.